The fraction of sp³-hybridized carbons (Fsp3) is 0.889. The maximum absolute atomic E-state index is 11.6. The first-order chi connectivity index (χ1) is 5.61. The lowest BCUT2D eigenvalue weighted by Crippen LogP contribution is -2.42. The van der Waals surface area contributed by atoms with Gasteiger partial charge in [0.2, 0.25) is 0 Å². The van der Waals surface area contributed by atoms with Crippen molar-refractivity contribution in [1.82, 2.24) is 0 Å². The highest BCUT2D eigenvalue weighted by molar-refractivity contribution is 5.86. The topological polar surface area (TPSA) is 52.3 Å². The van der Waals surface area contributed by atoms with Crippen LogP contribution in [0.4, 0.5) is 0 Å². The number of carbonyl (C=O) groups is 1. The van der Waals surface area contributed by atoms with Crippen molar-refractivity contribution in [2.24, 2.45) is 11.1 Å². The lowest BCUT2D eigenvalue weighted by Gasteiger charge is -2.26. The fourth-order valence-electron chi connectivity index (χ4n) is 1.84. The van der Waals surface area contributed by atoms with Crippen molar-refractivity contribution in [1.29, 1.82) is 0 Å². The minimum absolute atomic E-state index is 0.0279. The molecular weight excluding hydrogens is 154 g/mol. The third kappa shape index (κ3) is 1.52. The highest BCUT2D eigenvalue weighted by atomic mass is 16.5. The zero-order chi connectivity index (χ0) is 9.19. The molecule has 2 unspecified atom stereocenters. The van der Waals surface area contributed by atoms with E-state index in [1.165, 1.54) is 0 Å². The largest absolute Gasteiger partial charge is 0.377 e. The molecule has 0 aromatic heterocycles. The Kier molecular flexibility index (Phi) is 2.85. The molecule has 0 heterocycles. The Morgan fingerprint density at radius 2 is 2.42 bits per heavy atom. The first-order valence-electron chi connectivity index (χ1n) is 4.39. The zero-order valence-corrected chi connectivity index (χ0v) is 7.80. The van der Waals surface area contributed by atoms with Crippen molar-refractivity contribution in [3.63, 3.8) is 0 Å². The van der Waals surface area contributed by atoms with Gasteiger partial charge in [0.25, 0.3) is 0 Å². The minimum Gasteiger partial charge on any atom is -0.377 e. The van der Waals surface area contributed by atoms with Crippen LogP contribution in [-0.2, 0) is 9.53 Å². The molecule has 3 heteroatoms. The number of Topliss-reactive ketones (excluding diaryl/α,β-unsaturated/α-hetero) is 1. The molecule has 1 aliphatic carbocycles. The maximum atomic E-state index is 11.6. The van der Waals surface area contributed by atoms with Crippen molar-refractivity contribution in [2.45, 2.75) is 32.2 Å². The van der Waals surface area contributed by atoms with Gasteiger partial charge in [0.1, 0.15) is 6.61 Å². The highest BCUT2D eigenvalue weighted by Gasteiger charge is 2.42. The predicted molar refractivity (Wildman–Crippen MR) is 46.8 cm³/mol. The molecule has 0 bridgehead atoms. The molecular formula is C9H17NO2. The third-order valence-corrected chi connectivity index (χ3v) is 2.94. The molecule has 0 aromatic carbocycles. The van der Waals surface area contributed by atoms with Crippen molar-refractivity contribution < 1.29 is 9.53 Å². The molecule has 0 saturated heterocycles. The van der Waals surface area contributed by atoms with E-state index < -0.39 is 0 Å². The number of nitrogens with two attached hydrogens (primary N) is 1. The second kappa shape index (κ2) is 3.54. The van der Waals surface area contributed by atoms with Crippen molar-refractivity contribution in [3.05, 3.63) is 0 Å². The van der Waals surface area contributed by atoms with Crippen LogP contribution in [0.15, 0.2) is 0 Å². The number of hydrogen-bond donors (Lipinski definition) is 1. The normalized spacial score (nSPS) is 35.4. The number of rotatable bonds is 3. The van der Waals surface area contributed by atoms with Crippen LogP contribution in [0.25, 0.3) is 0 Å². The minimum atomic E-state index is -0.323. The van der Waals surface area contributed by atoms with Gasteiger partial charge in [0, 0.05) is 18.6 Å². The van der Waals surface area contributed by atoms with Crippen LogP contribution in [0.1, 0.15) is 26.2 Å². The summed E-state index contributed by atoms with van der Waals surface area (Å²) in [5.41, 5.74) is 5.54. The molecule has 1 rings (SSSR count). The van der Waals surface area contributed by atoms with Gasteiger partial charge in [-0.3, -0.25) is 4.79 Å². The van der Waals surface area contributed by atoms with Gasteiger partial charge in [-0.25, -0.2) is 0 Å². The van der Waals surface area contributed by atoms with Crippen LogP contribution in [0, 0.1) is 5.41 Å². The molecule has 0 aliphatic heterocycles. The number of ether oxygens (including phenoxy) is 1. The van der Waals surface area contributed by atoms with E-state index in [0.717, 1.165) is 19.3 Å². The average Bonchev–Trinajstić information content (AvgIpc) is 2.34. The Morgan fingerprint density at radius 3 is 2.83 bits per heavy atom. The molecule has 0 spiro atoms. The first kappa shape index (κ1) is 9.68. The van der Waals surface area contributed by atoms with E-state index in [9.17, 15) is 4.79 Å². The van der Waals surface area contributed by atoms with Gasteiger partial charge >= 0.3 is 0 Å². The summed E-state index contributed by atoms with van der Waals surface area (Å²) in [6.07, 6.45) is 2.94. The Hall–Kier alpha value is -0.410. The van der Waals surface area contributed by atoms with Gasteiger partial charge in [0.15, 0.2) is 5.78 Å². The smallest absolute Gasteiger partial charge is 0.165 e. The summed E-state index contributed by atoms with van der Waals surface area (Å²) in [5, 5.41) is 0. The van der Waals surface area contributed by atoms with Gasteiger partial charge in [-0.2, -0.15) is 0 Å². The van der Waals surface area contributed by atoms with Crippen molar-refractivity contribution >= 4 is 5.78 Å². The molecule has 1 saturated carbocycles. The highest BCUT2D eigenvalue weighted by Crippen LogP contribution is 2.37. The molecule has 12 heavy (non-hydrogen) atoms. The Balaban J connectivity index is 2.63. The number of methoxy groups -OCH3 is 1. The summed E-state index contributed by atoms with van der Waals surface area (Å²) in [6, 6.07) is 0.0279. The molecule has 0 aromatic rings. The quantitative estimate of drug-likeness (QED) is 0.680. The molecule has 3 nitrogen and oxygen atoms in total. The van der Waals surface area contributed by atoms with E-state index in [0.29, 0.717) is 0 Å². The fourth-order valence-corrected chi connectivity index (χ4v) is 1.84. The Labute approximate surface area is 73.3 Å². The van der Waals surface area contributed by atoms with E-state index in [2.05, 4.69) is 0 Å². The van der Waals surface area contributed by atoms with Gasteiger partial charge in [-0.1, -0.05) is 13.3 Å². The lowest BCUT2D eigenvalue weighted by atomic mass is 9.81. The van der Waals surface area contributed by atoms with Gasteiger partial charge in [-0.05, 0) is 12.8 Å². The van der Waals surface area contributed by atoms with E-state index >= 15 is 0 Å². The summed E-state index contributed by atoms with van der Waals surface area (Å²) >= 11 is 0. The monoisotopic (exact) mass is 171 g/mol. The van der Waals surface area contributed by atoms with Crippen LogP contribution in [-0.4, -0.2) is 25.5 Å². The van der Waals surface area contributed by atoms with Crippen LogP contribution < -0.4 is 5.73 Å². The maximum Gasteiger partial charge on any atom is 0.165 e. The zero-order valence-electron chi connectivity index (χ0n) is 7.80. The lowest BCUT2D eigenvalue weighted by molar-refractivity contribution is -0.132. The Bertz CT molecular complexity index is 181. The van der Waals surface area contributed by atoms with E-state index in [-0.39, 0.29) is 23.8 Å². The number of hydrogen-bond acceptors (Lipinski definition) is 3. The molecule has 2 N–H and O–H groups in total. The van der Waals surface area contributed by atoms with E-state index in [1.807, 2.05) is 6.92 Å². The second-order valence-corrected chi connectivity index (χ2v) is 3.77. The predicted octanol–water partition coefficient (Wildman–Crippen LogP) is 0.719. The van der Waals surface area contributed by atoms with Gasteiger partial charge in [-0.15, -0.1) is 0 Å². The Morgan fingerprint density at radius 1 is 1.75 bits per heavy atom. The van der Waals surface area contributed by atoms with Crippen molar-refractivity contribution in [3.8, 4) is 0 Å². The SMILES string of the molecule is COCC(=O)C1(C)CCCC1N. The van der Waals surface area contributed by atoms with E-state index in [4.69, 9.17) is 10.5 Å². The average molecular weight is 171 g/mol. The van der Waals surface area contributed by atoms with Crippen LogP contribution in [0.5, 0.6) is 0 Å². The number of ketones is 1. The molecule has 2 atom stereocenters. The van der Waals surface area contributed by atoms with Crippen LogP contribution >= 0.6 is 0 Å². The summed E-state index contributed by atoms with van der Waals surface area (Å²) in [7, 11) is 1.54. The molecule has 1 fully saturated rings. The summed E-state index contributed by atoms with van der Waals surface area (Å²) in [4.78, 5) is 11.6. The molecule has 70 valence electrons. The summed E-state index contributed by atoms with van der Waals surface area (Å²) in [6.45, 7) is 2.15. The molecule has 1 aliphatic rings. The second-order valence-electron chi connectivity index (χ2n) is 3.77. The third-order valence-electron chi connectivity index (χ3n) is 2.94. The van der Waals surface area contributed by atoms with Crippen LogP contribution in [0.2, 0.25) is 0 Å². The van der Waals surface area contributed by atoms with Gasteiger partial charge < -0.3 is 10.5 Å². The van der Waals surface area contributed by atoms with Gasteiger partial charge in [0.05, 0.1) is 0 Å². The van der Waals surface area contributed by atoms with Crippen LogP contribution in [0.3, 0.4) is 0 Å². The number of carbonyl (C=O) groups excluding carboxylic acids is 1. The van der Waals surface area contributed by atoms with Crippen molar-refractivity contribution in [2.75, 3.05) is 13.7 Å². The molecule has 0 amide bonds. The first-order valence-corrected chi connectivity index (χ1v) is 4.39. The van der Waals surface area contributed by atoms with E-state index in [1.54, 1.807) is 7.11 Å². The summed E-state index contributed by atoms with van der Waals surface area (Å²) < 4.78 is 4.82. The summed E-state index contributed by atoms with van der Waals surface area (Å²) in [5.74, 6) is 0.148. The molecule has 0 radical (unpaired) electrons. The standard InChI is InChI=1S/C9H17NO2/c1-9(8(11)6-12-2)5-3-4-7(9)10/h7H,3-6,10H2,1-2H3.